The maximum absolute atomic E-state index is 18.8. The summed E-state index contributed by atoms with van der Waals surface area (Å²) in [6, 6.07) is 23.7. The van der Waals surface area contributed by atoms with E-state index in [1.807, 2.05) is 0 Å². The third kappa shape index (κ3) is 8.34. The molecule has 15 heteroatoms. The normalized spacial score (nSPS) is 12.3. The average molecular weight is 982 g/mol. The van der Waals surface area contributed by atoms with Crippen LogP contribution in [0.5, 0.6) is 0 Å². The van der Waals surface area contributed by atoms with Gasteiger partial charge in [0.15, 0.2) is 34.9 Å². The number of halogens is 14. The lowest BCUT2D eigenvalue weighted by Crippen LogP contribution is -2.49. The molecule has 9 aromatic carbocycles. The molecule has 9 aromatic rings. The predicted molar refractivity (Wildman–Crippen MR) is 239 cm³/mol. The molecule has 0 amide bonds. The predicted octanol–water partition coefficient (Wildman–Crippen LogP) is 16.4. The Hall–Kier alpha value is -8.20. The zero-order chi connectivity index (χ0) is 50.5. The van der Waals surface area contributed by atoms with E-state index in [1.165, 1.54) is 36.4 Å². The first kappa shape index (κ1) is 47.8. The first-order valence-electron chi connectivity index (χ1n) is 21.2. The Morgan fingerprint density at radius 2 is 0.958 bits per heavy atom. The van der Waals surface area contributed by atoms with Gasteiger partial charge in [0, 0.05) is 51.7 Å². The second-order valence-corrected chi connectivity index (χ2v) is 16.1. The summed E-state index contributed by atoms with van der Waals surface area (Å²) in [6.45, 7) is 0. The molecule has 0 fully saturated rings. The number of nitrogens with zero attached hydrogens (tertiary/aromatic N) is 1. The van der Waals surface area contributed by atoms with Gasteiger partial charge in [-0.25, -0.2) is 61.5 Å². The average Bonchev–Trinajstić information content (AvgIpc) is 3.33. The van der Waals surface area contributed by atoms with E-state index >= 15 is 61.5 Å². The molecule has 0 saturated heterocycles. The highest BCUT2D eigenvalue weighted by molar-refractivity contribution is 5.95. The lowest BCUT2D eigenvalue weighted by molar-refractivity contribution is 0.433. The van der Waals surface area contributed by atoms with E-state index in [-0.39, 0.29) is 40.3 Å². The maximum Gasteiger partial charge on any atom is 0.196 e. The summed E-state index contributed by atoms with van der Waals surface area (Å²) in [4.78, 5) is 0.184. The molecular weight excluding hydrogens is 953 g/mol. The van der Waals surface area contributed by atoms with Gasteiger partial charge in [0.25, 0.3) is 0 Å². The summed E-state index contributed by atoms with van der Waals surface area (Å²) in [5.74, 6) is -24.1. The van der Waals surface area contributed by atoms with Crippen molar-refractivity contribution in [1.82, 2.24) is 0 Å². The van der Waals surface area contributed by atoms with Crippen LogP contribution in [0.4, 0.5) is 72.8 Å². The highest BCUT2D eigenvalue weighted by Gasteiger charge is 2.54. The van der Waals surface area contributed by atoms with Crippen LogP contribution in [0.15, 0.2) is 164 Å². The molecule has 0 spiro atoms. The van der Waals surface area contributed by atoms with E-state index in [2.05, 4.69) is 0 Å². The zero-order valence-corrected chi connectivity index (χ0v) is 36.0. The molecule has 0 aliphatic rings. The fourth-order valence-corrected chi connectivity index (χ4v) is 9.15. The van der Waals surface area contributed by atoms with Crippen LogP contribution in [-0.2, 0) is 12.0 Å². The van der Waals surface area contributed by atoms with Crippen molar-refractivity contribution >= 4 is 11.4 Å². The Kier molecular flexibility index (Phi) is 12.8. The van der Waals surface area contributed by atoms with Crippen LogP contribution in [0.25, 0.3) is 33.4 Å². The van der Waals surface area contributed by atoms with Gasteiger partial charge < -0.3 is 4.90 Å². The molecule has 1 unspecified atom stereocenters. The Morgan fingerprint density at radius 3 is 1.61 bits per heavy atom. The van der Waals surface area contributed by atoms with E-state index in [9.17, 15) is 0 Å². The van der Waals surface area contributed by atoms with Gasteiger partial charge in [0.2, 0.25) is 0 Å². The molecule has 0 heterocycles. The minimum absolute atomic E-state index is 0.136. The van der Waals surface area contributed by atoms with Gasteiger partial charge in [-0.3, -0.25) is 0 Å². The molecule has 0 bridgehead atoms. The van der Waals surface area contributed by atoms with Crippen molar-refractivity contribution in [3.8, 4) is 33.4 Å². The Balaban J connectivity index is 1.74. The van der Waals surface area contributed by atoms with Crippen molar-refractivity contribution in [2.75, 3.05) is 4.90 Å². The summed E-state index contributed by atoms with van der Waals surface area (Å²) in [5.41, 5.74) is -14.3. The van der Waals surface area contributed by atoms with Gasteiger partial charge in [0.1, 0.15) is 52.1 Å². The van der Waals surface area contributed by atoms with E-state index in [0.29, 0.717) is 30.3 Å². The minimum Gasteiger partial charge on any atom is -0.320 e. The monoisotopic (exact) mass is 981 g/mol. The zero-order valence-electron chi connectivity index (χ0n) is 36.0. The molecule has 0 aromatic heterocycles. The number of benzene rings is 9. The van der Waals surface area contributed by atoms with Gasteiger partial charge in [-0.1, -0.05) is 84.9 Å². The fourth-order valence-electron chi connectivity index (χ4n) is 9.15. The van der Waals surface area contributed by atoms with Crippen molar-refractivity contribution in [3.63, 3.8) is 0 Å². The van der Waals surface area contributed by atoms with Gasteiger partial charge in [-0.05, 0) is 94.9 Å². The van der Waals surface area contributed by atoms with Crippen molar-refractivity contribution in [1.29, 1.82) is 0 Å². The number of rotatable bonds is 11. The largest absolute Gasteiger partial charge is 0.320 e. The molecule has 0 aliphatic heterocycles. The molecular formula is C56H29F14N. The van der Waals surface area contributed by atoms with E-state index in [0.717, 1.165) is 66.7 Å². The van der Waals surface area contributed by atoms with Crippen LogP contribution in [0.2, 0.25) is 0 Å². The third-order valence-electron chi connectivity index (χ3n) is 12.0. The van der Waals surface area contributed by atoms with Crippen molar-refractivity contribution < 1.29 is 61.5 Å². The summed E-state index contributed by atoms with van der Waals surface area (Å²) in [6.07, 6.45) is -0.727. The standard InChI is InChI=1S/C56H29F14N/c57-32-18-16-30(17-19-32)47-48(31-10-6-11-33(58)25-31)55(70)49(36-12-4-5-13-39(36)60)37(24-29-8-2-1-3-9-29)50(47)56(38-21-20-34(59)26-43(38)64,51-40(61)14-7-15-41(51)62)71(35-27-44(65)52(67)45(66)28-35)46-23-22-42(63)53(68)54(46)69/h1-23,25-28H,24H2. The summed E-state index contributed by atoms with van der Waals surface area (Å²) in [5, 5.41) is 0. The topological polar surface area (TPSA) is 3.24 Å². The van der Waals surface area contributed by atoms with Crippen LogP contribution < -0.4 is 4.90 Å². The first-order chi connectivity index (χ1) is 34.0. The highest BCUT2D eigenvalue weighted by Crippen LogP contribution is 2.59. The van der Waals surface area contributed by atoms with Crippen molar-refractivity contribution in [2.45, 2.75) is 12.0 Å². The highest BCUT2D eigenvalue weighted by atomic mass is 19.2. The SMILES string of the molecule is Fc1ccc(-c2c(-c3cccc(F)c3)c(F)c(-c3ccccc3F)c(Cc3ccccc3)c2C(c2ccc(F)cc2F)(c2c(F)cccc2F)N(c2cc(F)c(F)c(F)c2)c2ccc(F)c(F)c2F)cc1. The summed E-state index contributed by atoms with van der Waals surface area (Å²) >= 11 is 0. The first-order valence-corrected chi connectivity index (χ1v) is 21.2. The second kappa shape index (κ2) is 18.9. The molecule has 0 N–H and O–H groups in total. The van der Waals surface area contributed by atoms with Crippen LogP contribution in [-0.4, -0.2) is 0 Å². The van der Waals surface area contributed by atoms with Crippen LogP contribution in [0.3, 0.4) is 0 Å². The van der Waals surface area contributed by atoms with Crippen LogP contribution in [0, 0.1) is 81.4 Å². The smallest absolute Gasteiger partial charge is 0.196 e. The van der Waals surface area contributed by atoms with E-state index in [1.54, 1.807) is 6.07 Å². The van der Waals surface area contributed by atoms with Crippen LogP contribution >= 0.6 is 0 Å². The lowest BCUT2D eigenvalue weighted by Gasteiger charge is -2.49. The molecule has 1 nitrogen and oxygen atoms in total. The van der Waals surface area contributed by atoms with Gasteiger partial charge in [-0.2, -0.15) is 0 Å². The van der Waals surface area contributed by atoms with Crippen LogP contribution in [0.1, 0.15) is 27.8 Å². The Bertz CT molecular complexity index is 3480. The molecule has 0 aliphatic carbocycles. The Labute approximate surface area is 395 Å². The third-order valence-corrected chi connectivity index (χ3v) is 12.0. The number of hydrogen-bond acceptors (Lipinski definition) is 1. The van der Waals surface area contributed by atoms with Crippen molar-refractivity contribution in [3.05, 3.63) is 273 Å². The van der Waals surface area contributed by atoms with Gasteiger partial charge in [0.05, 0.1) is 11.3 Å². The second-order valence-electron chi connectivity index (χ2n) is 16.1. The summed E-state index contributed by atoms with van der Waals surface area (Å²) in [7, 11) is 0. The number of anilines is 2. The van der Waals surface area contributed by atoms with Gasteiger partial charge in [-0.15, -0.1) is 0 Å². The molecule has 356 valence electrons. The summed E-state index contributed by atoms with van der Waals surface area (Å²) < 4.78 is 231. The lowest BCUT2D eigenvalue weighted by atomic mass is 9.66. The fraction of sp³-hybridized carbons (Fsp3) is 0.0357. The number of hydrogen-bond donors (Lipinski definition) is 0. The maximum atomic E-state index is 18.8. The quantitative estimate of drug-likeness (QED) is 0.0709. The van der Waals surface area contributed by atoms with E-state index in [4.69, 9.17) is 0 Å². The molecule has 0 radical (unpaired) electrons. The minimum atomic E-state index is -3.77. The molecule has 9 rings (SSSR count). The Morgan fingerprint density at radius 1 is 0.352 bits per heavy atom. The van der Waals surface area contributed by atoms with Crippen molar-refractivity contribution in [2.24, 2.45) is 0 Å². The molecule has 1 atom stereocenters. The van der Waals surface area contributed by atoms with E-state index < -0.39 is 155 Å². The molecule has 0 saturated carbocycles. The van der Waals surface area contributed by atoms with Gasteiger partial charge >= 0.3 is 0 Å². The molecule has 71 heavy (non-hydrogen) atoms.